The van der Waals surface area contributed by atoms with Gasteiger partial charge in [-0.3, -0.25) is 20.2 Å². The number of carbonyl (C=O) groups is 2. The summed E-state index contributed by atoms with van der Waals surface area (Å²) in [7, 11) is 0. The second kappa shape index (κ2) is 7.53. The molecule has 2 amide bonds. The van der Waals surface area contributed by atoms with Crippen molar-refractivity contribution in [1.29, 1.82) is 0 Å². The smallest absolute Gasteiger partial charge is 0.407 e. The zero-order chi connectivity index (χ0) is 17.6. The van der Waals surface area contributed by atoms with Crippen molar-refractivity contribution in [2.45, 2.75) is 32.8 Å². The van der Waals surface area contributed by atoms with Crippen molar-refractivity contribution in [2.24, 2.45) is 0 Å². The standard InChI is InChI=1S/C15H20N6O3/c1-15(2,3)24-14(23)17-9-7-11(22)18-13-19-12(20-21-13)10-6-4-5-8-16-10/h4-6,8H,7,9H2,1-3H3,(H,17,23)(H2,18,19,20,21,22). The number of nitrogens with zero attached hydrogens (tertiary/aromatic N) is 3. The van der Waals surface area contributed by atoms with Crippen LogP contribution in [0, 0.1) is 0 Å². The van der Waals surface area contributed by atoms with E-state index in [2.05, 4.69) is 30.8 Å². The predicted octanol–water partition coefficient (Wildman–Crippen LogP) is 1.72. The first-order valence-corrected chi connectivity index (χ1v) is 7.44. The van der Waals surface area contributed by atoms with Gasteiger partial charge in [0.15, 0.2) is 5.82 Å². The van der Waals surface area contributed by atoms with E-state index in [1.165, 1.54) is 0 Å². The molecule has 0 aliphatic carbocycles. The van der Waals surface area contributed by atoms with E-state index >= 15 is 0 Å². The summed E-state index contributed by atoms with van der Waals surface area (Å²) in [6, 6.07) is 5.39. The normalized spacial score (nSPS) is 11.0. The number of H-pyrrole nitrogens is 1. The second-order valence-corrected chi connectivity index (χ2v) is 5.95. The number of nitrogens with one attached hydrogen (secondary N) is 3. The summed E-state index contributed by atoms with van der Waals surface area (Å²) < 4.78 is 5.07. The Morgan fingerprint density at radius 1 is 1.29 bits per heavy atom. The maximum absolute atomic E-state index is 11.8. The molecule has 0 aromatic carbocycles. The highest BCUT2D eigenvalue weighted by Gasteiger charge is 2.16. The van der Waals surface area contributed by atoms with E-state index in [-0.39, 0.29) is 24.8 Å². The largest absolute Gasteiger partial charge is 0.444 e. The Morgan fingerprint density at radius 3 is 2.75 bits per heavy atom. The van der Waals surface area contributed by atoms with E-state index in [9.17, 15) is 9.59 Å². The van der Waals surface area contributed by atoms with Gasteiger partial charge in [0.05, 0.1) is 0 Å². The van der Waals surface area contributed by atoms with Gasteiger partial charge in [0.2, 0.25) is 11.9 Å². The van der Waals surface area contributed by atoms with Gasteiger partial charge in [-0.15, -0.1) is 5.10 Å². The lowest BCUT2D eigenvalue weighted by Gasteiger charge is -2.19. The predicted molar refractivity (Wildman–Crippen MR) is 87.1 cm³/mol. The van der Waals surface area contributed by atoms with E-state index in [1.807, 2.05) is 6.07 Å². The number of amides is 2. The molecule has 9 nitrogen and oxygen atoms in total. The average molecular weight is 332 g/mol. The maximum Gasteiger partial charge on any atom is 0.407 e. The Hall–Kier alpha value is -2.97. The van der Waals surface area contributed by atoms with Gasteiger partial charge in [0, 0.05) is 19.2 Å². The van der Waals surface area contributed by atoms with Crippen LogP contribution in [0.5, 0.6) is 0 Å². The van der Waals surface area contributed by atoms with E-state index in [4.69, 9.17) is 4.74 Å². The number of hydrogen-bond donors (Lipinski definition) is 3. The van der Waals surface area contributed by atoms with Crippen LogP contribution in [0.25, 0.3) is 11.5 Å². The first-order valence-electron chi connectivity index (χ1n) is 7.44. The molecule has 0 spiro atoms. The molecule has 9 heteroatoms. The van der Waals surface area contributed by atoms with Gasteiger partial charge < -0.3 is 10.1 Å². The van der Waals surface area contributed by atoms with Crippen LogP contribution in [-0.4, -0.2) is 44.3 Å². The Labute approximate surface area is 139 Å². The number of aromatic amines is 1. The Morgan fingerprint density at radius 2 is 2.08 bits per heavy atom. The lowest BCUT2D eigenvalue weighted by molar-refractivity contribution is -0.116. The third-order valence-electron chi connectivity index (χ3n) is 2.66. The minimum Gasteiger partial charge on any atom is -0.444 e. The molecule has 0 atom stereocenters. The molecule has 0 fully saturated rings. The van der Waals surface area contributed by atoms with Crippen molar-refractivity contribution in [1.82, 2.24) is 25.5 Å². The highest BCUT2D eigenvalue weighted by atomic mass is 16.6. The molecule has 2 heterocycles. The number of alkyl carbamates (subject to hydrolysis) is 1. The van der Waals surface area contributed by atoms with Gasteiger partial charge in [0.1, 0.15) is 11.3 Å². The summed E-state index contributed by atoms with van der Waals surface area (Å²) in [5.74, 6) is 0.285. The van der Waals surface area contributed by atoms with E-state index < -0.39 is 11.7 Å². The van der Waals surface area contributed by atoms with Crippen LogP contribution < -0.4 is 10.6 Å². The van der Waals surface area contributed by atoms with Crippen molar-refractivity contribution in [3.05, 3.63) is 24.4 Å². The lowest BCUT2D eigenvalue weighted by atomic mass is 10.2. The molecule has 0 bridgehead atoms. The summed E-state index contributed by atoms with van der Waals surface area (Å²) in [4.78, 5) is 31.5. The van der Waals surface area contributed by atoms with Crippen molar-refractivity contribution in [3.8, 4) is 11.5 Å². The molecule has 24 heavy (non-hydrogen) atoms. The summed E-state index contributed by atoms with van der Waals surface area (Å²) in [5, 5.41) is 11.7. The van der Waals surface area contributed by atoms with Crippen LogP contribution in [-0.2, 0) is 9.53 Å². The quantitative estimate of drug-likeness (QED) is 0.766. The SMILES string of the molecule is CC(C)(C)OC(=O)NCCC(=O)Nc1n[nH]c(-c2ccccn2)n1. The molecule has 0 unspecified atom stereocenters. The third kappa shape index (κ3) is 5.67. The molecular weight excluding hydrogens is 312 g/mol. The fraction of sp³-hybridized carbons (Fsp3) is 0.400. The molecule has 2 aromatic rings. The summed E-state index contributed by atoms with van der Waals surface area (Å²) >= 11 is 0. The average Bonchev–Trinajstić information content (AvgIpc) is 2.94. The van der Waals surface area contributed by atoms with Gasteiger partial charge in [0.25, 0.3) is 0 Å². The number of rotatable bonds is 5. The Kier molecular flexibility index (Phi) is 5.46. The van der Waals surface area contributed by atoms with Crippen molar-refractivity contribution in [3.63, 3.8) is 0 Å². The monoisotopic (exact) mass is 332 g/mol. The minimum atomic E-state index is -0.576. The number of hydrogen-bond acceptors (Lipinski definition) is 6. The van der Waals surface area contributed by atoms with Gasteiger partial charge >= 0.3 is 6.09 Å². The van der Waals surface area contributed by atoms with Crippen LogP contribution in [0.15, 0.2) is 24.4 Å². The topological polar surface area (TPSA) is 122 Å². The van der Waals surface area contributed by atoms with E-state index in [0.29, 0.717) is 11.5 Å². The Balaban J connectivity index is 1.77. The van der Waals surface area contributed by atoms with Crippen molar-refractivity contribution in [2.75, 3.05) is 11.9 Å². The zero-order valence-corrected chi connectivity index (χ0v) is 13.8. The van der Waals surface area contributed by atoms with E-state index in [0.717, 1.165) is 0 Å². The highest BCUT2D eigenvalue weighted by molar-refractivity contribution is 5.89. The number of anilines is 1. The van der Waals surface area contributed by atoms with Gasteiger partial charge in [-0.1, -0.05) is 6.07 Å². The fourth-order valence-electron chi connectivity index (χ4n) is 1.71. The molecule has 0 saturated heterocycles. The number of aromatic nitrogens is 4. The second-order valence-electron chi connectivity index (χ2n) is 5.95. The van der Waals surface area contributed by atoms with Crippen LogP contribution >= 0.6 is 0 Å². The lowest BCUT2D eigenvalue weighted by Crippen LogP contribution is -2.34. The zero-order valence-electron chi connectivity index (χ0n) is 13.8. The summed E-state index contributed by atoms with van der Waals surface area (Å²) in [5.41, 5.74) is 0.0461. The van der Waals surface area contributed by atoms with Crippen LogP contribution in [0.3, 0.4) is 0 Å². The number of ether oxygens (including phenoxy) is 1. The highest BCUT2D eigenvalue weighted by Crippen LogP contribution is 2.12. The molecule has 0 radical (unpaired) electrons. The molecule has 128 valence electrons. The molecular formula is C15H20N6O3. The number of carbonyl (C=O) groups excluding carboxylic acids is 2. The van der Waals surface area contributed by atoms with Gasteiger partial charge in [-0.05, 0) is 32.9 Å². The van der Waals surface area contributed by atoms with Crippen LogP contribution in [0.2, 0.25) is 0 Å². The van der Waals surface area contributed by atoms with Gasteiger partial charge in [-0.2, -0.15) is 4.98 Å². The van der Waals surface area contributed by atoms with Gasteiger partial charge in [-0.25, -0.2) is 4.79 Å². The molecule has 2 aromatic heterocycles. The summed E-state index contributed by atoms with van der Waals surface area (Å²) in [6.07, 6.45) is 1.15. The number of pyridine rings is 1. The molecule has 3 N–H and O–H groups in total. The van der Waals surface area contributed by atoms with Crippen molar-refractivity contribution < 1.29 is 14.3 Å². The maximum atomic E-state index is 11.8. The van der Waals surface area contributed by atoms with Crippen LogP contribution in [0.4, 0.5) is 10.7 Å². The molecule has 0 aliphatic heterocycles. The van der Waals surface area contributed by atoms with E-state index in [1.54, 1.807) is 39.1 Å². The first kappa shape index (κ1) is 17.4. The van der Waals surface area contributed by atoms with Crippen molar-refractivity contribution >= 4 is 17.9 Å². The molecule has 0 aliphatic rings. The third-order valence-corrected chi connectivity index (χ3v) is 2.66. The minimum absolute atomic E-state index is 0.0761. The molecule has 0 saturated carbocycles. The van der Waals surface area contributed by atoms with Crippen LogP contribution in [0.1, 0.15) is 27.2 Å². The fourth-order valence-corrected chi connectivity index (χ4v) is 1.71. The first-order chi connectivity index (χ1) is 11.3. The summed E-state index contributed by atoms with van der Waals surface area (Å²) in [6.45, 7) is 5.45. The molecule has 2 rings (SSSR count). The Bertz CT molecular complexity index is 693.